The molecule has 7 nitrogen and oxygen atoms in total. The fraction of sp³-hybridized carbons (Fsp3) is 0.568. The van der Waals surface area contributed by atoms with Crippen molar-refractivity contribution in [2.75, 3.05) is 19.0 Å². The molecule has 0 aromatic heterocycles. The first-order valence-corrected chi connectivity index (χ1v) is 19.0. The molecule has 1 amide bonds. The van der Waals surface area contributed by atoms with Crippen LogP contribution in [-0.4, -0.2) is 36.2 Å². The second-order valence-corrected chi connectivity index (χ2v) is 17.9. The van der Waals surface area contributed by atoms with Gasteiger partial charge in [-0.15, -0.1) is 0 Å². The normalized spacial score (nSPS) is 35.3. The minimum absolute atomic E-state index is 0.00195. The van der Waals surface area contributed by atoms with Crippen molar-refractivity contribution in [1.82, 2.24) is 5.32 Å². The van der Waals surface area contributed by atoms with Crippen molar-refractivity contribution in [3.8, 4) is 5.75 Å². The van der Waals surface area contributed by atoms with E-state index in [1.807, 2.05) is 26.0 Å². The molecule has 0 radical (unpaired) electrons. The van der Waals surface area contributed by atoms with E-state index in [0.717, 1.165) is 78.7 Å². The Labute approximate surface area is 303 Å². The number of amides is 1. The van der Waals surface area contributed by atoms with Crippen LogP contribution in [0.2, 0.25) is 0 Å². The highest BCUT2D eigenvalue weighted by Gasteiger charge is 2.67. The van der Waals surface area contributed by atoms with E-state index in [2.05, 4.69) is 57.4 Å². The van der Waals surface area contributed by atoms with E-state index < -0.39 is 5.41 Å². The average Bonchev–Trinajstić information content (AvgIpc) is 3.10. The van der Waals surface area contributed by atoms with Gasteiger partial charge in [0, 0.05) is 53.2 Å². The zero-order valence-electron chi connectivity index (χ0n) is 31.9. The lowest BCUT2D eigenvalue weighted by Gasteiger charge is -2.70. The van der Waals surface area contributed by atoms with Crippen molar-refractivity contribution in [2.24, 2.45) is 33.0 Å². The van der Waals surface area contributed by atoms with E-state index >= 15 is 0 Å². The second-order valence-electron chi connectivity index (χ2n) is 17.9. The van der Waals surface area contributed by atoms with Crippen molar-refractivity contribution < 1.29 is 24.2 Å². The molecule has 7 rings (SSSR count). The lowest BCUT2D eigenvalue weighted by molar-refractivity contribution is -0.168. The lowest BCUT2D eigenvalue weighted by atomic mass is 9.34. The summed E-state index contributed by atoms with van der Waals surface area (Å²) in [6.45, 7) is 16.3. The molecule has 0 spiro atoms. The molecule has 272 valence electrons. The van der Waals surface area contributed by atoms with Crippen LogP contribution in [0.1, 0.15) is 110 Å². The molecule has 6 atom stereocenters. The maximum Gasteiger partial charge on any atom is 0.249 e. The number of rotatable bonds is 7. The predicted octanol–water partition coefficient (Wildman–Crippen LogP) is 8.95. The van der Waals surface area contributed by atoms with Gasteiger partial charge in [-0.2, -0.15) is 0 Å². The Balaban J connectivity index is 1.03. The molecule has 0 saturated heterocycles. The SMILES string of the molecule is COc1cc2c(cc1C)NC=C(C(=O)NCCCC(=O)[C@]1(C)CC[C@]3(C)CC[C@]4(C)C5=CC=C6C(=CC(=O)C(O)=C6C)[C@]5(C)CC[C@@]4(C)[C@@H]3C1)C2. The van der Waals surface area contributed by atoms with E-state index in [9.17, 15) is 19.5 Å². The number of fused-ring (bicyclic) bond motifs is 8. The van der Waals surface area contributed by atoms with Gasteiger partial charge in [-0.1, -0.05) is 52.3 Å². The summed E-state index contributed by atoms with van der Waals surface area (Å²) in [5.74, 6) is 0.998. The van der Waals surface area contributed by atoms with Crippen molar-refractivity contribution in [2.45, 2.75) is 113 Å². The number of aryl methyl sites for hydroxylation is 1. The van der Waals surface area contributed by atoms with Crippen LogP contribution in [0.15, 0.2) is 70.2 Å². The van der Waals surface area contributed by atoms with E-state index in [-0.39, 0.29) is 39.1 Å². The van der Waals surface area contributed by atoms with Gasteiger partial charge >= 0.3 is 0 Å². The Bertz CT molecular complexity index is 1900. The van der Waals surface area contributed by atoms with Crippen LogP contribution in [0.5, 0.6) is 5.75 Å². The molecule has 0 unspecified atom stereocenters. The number of hydrogen-bond donors (Lipinski definition) is 3. The molecule has 5 aliphatic carbocycles. The van der Waals surface area contributed by atoms with Gasteiger partial charge in [0.05, 0.1) is 7.11 Å². The number of ether oxygens (including phenoxy) is 1. The van der Waals surface area contributed by atoms with Gasteiger partial charge in [0.15, 0.2) is 5.76 Å². The highest BCUT2D eigenvalue weighted by molar-refractivity contribution is 6.06. The van der Waals surface area contributed by atoms with Gasteiger partial charge in [-0.3, -0.25) is 14.4 Å². The summed E-state index contributed by atoms with van der Waals surface area (Å²) in [5, 5.41) is 16.8. The fourth-order valence-electron chi connectivity index (χ4n) is 11.4. The molecule has 0 bridgehead atoms. The number of carbonyl (C=O) groups is 3. The van der Waals surface area contributed by atoms with Crippen LogP contribution in [-0.2, 0) is 20.8 Å². The minimum Gasteiger partial charge on any atom is -0.504 e. The number of Topliss-reactive ketones (excluding diaryl/α,β-unsaturated/α-hetero) is 1. The standard InChI is InChI=1S/C44H56N2O5/c1-26-20-32-28(22-34(26)51-8)21-29(25-46-32)39(50)45-19-9-10-37(48)41(4)14-13-40(3)15-17-43(6)35-12-11-30-27(2)38(49)33(47)23-31(30)42(35,5)16-18-44(43,7)36(40)24-41/h11-12,20,22-23,25,36,46,49H,9-10,13-19,21,24H2,1-8H3,(H,45,50)/t36-,40-,41-,42+,43-,44+/m1/s1. The molecular formula is C44H56N2O5. The van der Waals surface area contributed by atoms with Crippen molar-refractivity contribution in [1.29, 1.82) is 0 Å². The van der Waals surface area contributed by atoms with E-state index in [1.165, 1.54) is 5.57 Å². The highest BCUT2D eigenvalue weighted by Crippen LogP contribution is 2.75. The van der Waals surface area contributed by atoms with Crippen LogP contribution in [0.4, 0.5) is 5.69 Å². The molecule has 51 heavy (non-hydrogen) atoms. The largest absolute Gasteiger partial charge is 0.504 e. The van der Waals surface area contributed by atoms with Crippen molar-refractivity contribution >= 4 is 23.2 Å². The van der Waals surface area contributed by atoms with Gasteiger partial charge in [0.1, 0.15) is 11.5 Å². The quantitative estimate of drug-likeness (QED) is 0.247. The molecular weight excluding hydrogens is 636 g/mol. The zero-order chi connectivity index (χ0) is 36.7. The van der Waals surface area contributed by atoms with Gasteiger partial charge < -0.3 is 20.5 Å². The number of aliphatic hydroxyl groups excluding tert-OH is 1. The first kappa shape index (κ1) is 35.5. The number of nitrogens with one attached hydrogen (secondary N) is 2. The van der Waals surface area contributed by atoms with E-state index in [4.69, 9.17) is 4.74 Å². The lowest BCUT2D eigenvalue weighted by Crippen LogP contribution is -2.62. The summed E-state index contributed by atoms with van der Waals surface area (Å²) in [5.41, 5.74) is 7.34. The number of ketones is 2. The third-order valence-corrected chi connectivity index (χ3v) is 15.1. The molecule has 3 saturated carbocycles. The summed E-state index contributed by atoms with van der Waals surface area (Å²) in [6.07, 6.45) is 16.6. The number of aliphatic hydroxyl groups is 1. The number of hydrogen-bond acceptors (Lipinski definition) is 6. The Kier molecular flexibility index (Phi) is 8.43. The third kappa shape index (κ3) is 5.31. The van der Waals surface area contributed by atoms with Gasteiger partial charge in [-0.05, 0) is 128 Å². The molecule has 1 aromatic rings. The van der Waals surface area contributed by atoms with Crippen LogP contribution in [0.3, 0.4) is 0 Å². The first-order valence-electron chi connectivity index (χ1n) is 19.0. The maximum absolute atomic E-state index is 14.1. The van der Waals surface area contributed by atoms with E-state index in [1.54, 1.807) is 19.4 Å². The summed E-state index contributed by atoms with van der Waals surface area (Å²) < 4.78 is 5.49. The molecule has 6 aliphatic rings. The maximum atomic E-state index is 14.1. The Morgan fingerprint density at radius 2 is 1.75 bits per heavy atom. The molecule has 7 heteroatoms. The van der Waals surface area contributed by atoms with E-state index in [0.29, 0.717) is 48.7 Å². The van der Waals surface area contributed by atoms with Gasteiger partial charge in [0.25, 0.3) is 0 Å². The molecule has 3 fully saturated rings. The number of anilines is 1. The minimum atomic E-state index is -0.390. The number of methoxy groups -OCH3 is 1. The monoisotopic (exact) mass is 692 g/mol. The Morgan fingerprint density at radius 3 is 2.49 bits per heavy atom. The average molecular weight is 693 g/mol. The summed E-state index contributed by atoms with van der Waals surface area (Å²) in [7, 11) is 1.66. The Hall–Kier alpha value is -3.87. The summed E-state index contributed by atoms with van der Waals surface area (Å²) in [6, 6.07) is 4.04. The van der Waals surface area contributed by atoms with Gasteiger partial charge in [-0.25, -0.2) is 0 Å². The molecule has 1 aromatic carbocycles. The predicted molar refractivity (Wildman–Crippen MR) is 201 cm³/mol. The van der Waals surface area contributed by atoms with Crippen molar-refractivity contribution in [3.63, 3.8) is 0 Å². The number of allylic oxidation sites excluding steroid dienone is 7. The van der Waals surface area contributed by atoms with Crippen LogP contribution < -0.4 is 15.4 Å². The van der Waals surface area contributed by atoms with Crippen LogP contribution >= 0.6 is 0 Å². The van der Waals surface area contributed by atoms with Crippen LogP contribution in [0, 0.1) is 39.9 Å². The molecule has 3 N–H and O–H groups in total. The summed E-state index contributed by atoms with van der Waals surface area (Å²) >= 11 is 0. The van der Waals surface area contributed by atoms with Gasteiger partial charge in [0.2, 0.25) is 11.7 Å². The first-order chi connectivity index (χ1) is 24.0. The molecule has 1 heterocycles. The third-order valence-electron chi connectivity index (χ3n) is 15.1. The van der Waals surface area contributed by atoms with Crippen LogP contribution in [0.25, 0.3) is 0 Å². The highest BCUT2D eigenvalue weighted by atomic mass is 16.5. The number of carbonyl (C=O) groups excluding carboxylic acids is 3. The Morgan fingerprint density at radius 1 is 1.00 bits per heavy atom. The summed E-state index contributed by atoms with van der Waals surface area (Å²) in [4.78, 5) is 40.1. The second kappa shape index (κ2) is 12.1. The topological polar surface area (TPSA) is 105 Å². The van der Waals surface area contributed by atoms with Crippen molar-refractivity contribution in [3.05, 3.63) is 81.3 Å². The zero-order valence-corrected chi connectivity index (χ0v) is 31.9. The smallest absolute Gasteiger partial charge is 0.249 e. The molecule has 1 aliphatic heterocycles. The fourth-order valence-corrected chi connectivity index (χ4v) is 11.4. The number of benzene rings is 1.